The number of hydrogen-bond donors (Lipinski definition) is 2. The molecule has 2 unspecified atom stereocenters. The lowest BCUT2D eigenvalue weighted by atomic mass is 10.0. The molecule has 3 rings (SSSR count). The zero-order valence-corrected chi connectivity index (χ0v) is 21.2. The first-order valence-corrected chi connectivity index (χ1v) is 14.4. The molecular formula is C23H30N2O8S2. The lowest BCUT2D eigenvalue weighted by Gasteiger charge is -2.32. The SMILES string of the molecule is CN(C(=O)Cc1ccc(S(C)(=O)=O)cc1)C(CN1CCC(O)C1)c1cccc(OCS(=O)(=O)O)c1. The highest BCUT2D eigenvalue weighted by Gasteiger charge is 2.28. The normalized spacial score (nSPS) is 17.8. The average Bonchev–Trinajstić information content (AvgIpc) is 3.20. The van der Waals surface area contributed by atoms with Crippen molar-refractivity contribution in [3.8, 4) is 5.75 Å². The Labute approximate surface area is 205 Å². The zero-order valence-electron chi connectivity index (χ0n) is 19.6. The molecule has 0 radical (unpaired) electrons. The molecule has 2 atom stereocenters. The summed E-state index contributed by atoms with van der Waals surface area (Å²) in [6.45, 7) is 1.59. The van der Waals surface area contributed by atoms with Gasteiger partial charge in [0.05, 0.1) is 23.5 Å². The summed E-state index contributed by atoms with van der Waals surface area (Å²) >= 11 is 0. The molecule has 2 N–H and O–H groups in total. The fourth-order valence-corrected chi connectivity index (χ4v) is 4.87. The van der Waals surface area contributed by atoms with Gasteiger partial charge in [-0.15, -0.1) is 0 Å². The third-order valence-electron chi connectivity index (χ3n) is 5.86. The number of ether oxygens (including phenoxy) is 1. The summed E-state index contributed by atoms with van der Waals surface area (Å²) in [6.07, 6.45) is 1.37. The van der Waals surface area contributed by atoms with Gasteiger partial charge in [-0.3, -0.25) is 14.2 Å². The first kappa shape index (κ1) is 27.1. The molecule has 1 heterocycles. The average molecular weight is 527 g/mol. The Morgan fingerprint density at radius 2 is 1.86 bits per heavy atom. The number of benzene rings is 2. The fraction of sp³-hybridized carbons (Fsp3) is 0.435. The number of sulfone groups is 1. The van der Waals surface area contributed by atoms with Gasteiger partial charge in [0.25, 0.3) is 0 Å². The Hall–Kier alpha value is -2.51. The Bertz CT molecular complexity index is 1250. The van der Waals surface area contributed by atoms with Crippen molar-refractivity contribution in [3.05, 3.63) is 59.7 Å². The van der Waals surface area contributed by atoms with Crippen LogP contribution in [0.2, 0.25) is 0 Å². The molecule has 35 heavy (non-hydrogen) atoms. The van der Waals surface area contributed by atoms with Gasteiger partial charge in [0.2, 0.25) is 11.8 Å². The minimum absolute atomic E-state index is 0.0542. The summed E-state index contributed by atoms with van der Waals surface area (Å²) in [6, 6.07) is 12.4. The first-order valence-electron chi connectivity index (χ1n) is 10.9. The number of likely N-dealkylation sites (tertiary alicyclic amines) is 1. The van der Waals surface area contributed by atoms with Crippen LogP contribution in [0.3, 0.4) is 0 Å². The Morgan fingerprint density at radius 3 is 2.43 bits per heavy atom. The van der Waals surface area contributed by atoms with Crippen molar-refractivity contribution in [3.63, 3.8) is 0 Å². The Kier molecular flexibility index (Phi) is 8.54. The molecule has 1 saturated heterocycles. The fourth-order valence-electron chi connectivity index (χ4n) is 3.96. The van der Waals surface area contributed by atoms with Gasteiger partial charge in [-0.05, 0) is 41.8 Å². The third-order valence-corrected chi connectivity index (χ3v) is 7.41. The van der Waals surface area contributed by atoms with Gasteiger partial charge in [-0.2, -0.15) is 8.42 Å². The number of rotatable bonds is 10. The predicted octanol–water partition coefficient (Wildman–Crippen LogP) is 1.12. The lowest BCUT2D eigenvalue weighted by Crippen LogP contribution is -2.39. The molecule has 1 fully saturated rings. The number of carbonyl (C=O) groups is 1. The van der Waals surface area contributed by atoms with Crippen LogP contribution < -0.4 is 4.74 Å². The number of aliphatic hydroxyl groups is 1. The minimum Gasteiger partial charge on any atom is -0.475 e. The van der Waals surface area contributed by atoms with E-state index in [1.807, 2.05) is 4.90 Å². The maximum atomic E-state index is 13.2. The number of aliphatic hydroxyl groups excluding tert-OH is 1. The molecule has 0 bridgehead atoms. The van der Waals surface area contributed by atoms with E-state index in [0.717, 1.165) is 6.26 Å². The molecule has 0 saturated carbocycles. The Morgan fingerprint density at radius 1 is 1.17 bits per heavy atom. The summed E-state index contributed by atoms with van der Waals surface area (Å²) in [5, 5.41) is 9.93. The van der Waals surface area contributed by atoms with Crippen molar-refractivity contribution in [2.75, 3.05) is 38.9 Å². The van der Waals surface area contributed by atoms with E-state index in [1.165, 1.54) is 12.1 Å². The van der Waals surface area contributed by atoms with Crippen molar-refractivity contribution in [1.82, 2.24) is 9.80 Å². The van der Waals surface area contributed by atoms with Crippen LogP contribution in [0.1, 0.15) is 23.6 Å². The number of hydrogen-bond acceptors (Lipinski definition) is 8. The van der Waals surface area contributed by atoms with Crippen LogP contribution in [0.4, 0.5) is 0 Å². The van der Waals surface area contributed by atoms with Crippen molar-refractivity contribution >= 4 is 25.9 Å². The second-order valence-corrected chi connectivity index (χ2v) is 12.1. The summed E-state index contributed by atoms with van der Waals surface area (Å²) in [5.41, 5.74) is 1.36. The highest BCUT2D eigenvalue weighted by molar-refractivity contribution is 7.90. The number of nitrogens with zero attached hydrogens (tertiary/aromatic N) is 2. The molecule has 1 aliphatic heterocycles. The van der Waals surface area contributed by atoms with Gasteiger partial charge in [-0.25, -0.2) is 8.42 Å². The molecule has 0 aliphatic carbocycles. The smallest absolute Gasteiger partial charge is 0.300 e. The number of likely N-dealkylation sites (N-methyl/N-ethyl adjacent to an activating group) is 1. The second kappa shape index (κ2) is 11.0. The second-order valence-electron chi connectivity index (χ2n) is 8.73. The molecule has 2 aromatic rings. The van der Waals surface area contributed by atoms with Gasteiger partial charge < -0.3 is 14.7 Å². The van der Waals surface area contributed by atoms with Crippen LogP contribution in [0, 0.1) is 0 Å². The molecular weight excluding hydrogens is 496 g/mol. The van der Waals surface area contributed by atoms with E-state index in [0.29, 0.717) is 37.2 Å². The van der Waals surface area contributed by atoms with E-state index < -0.39 is 38.0 Å². The maximum absolute atomic E-state index is 13.2. The monoisotopic (exact) mass is 526 g/mol. The van der Waals surface area contributed by atoms with E-state index in [2.05, 4.69) is 0 Å². The van der Waals surface area contributed by atoms with Gasteiger partial charge in [0, 0.05) is 32.9 Å². The van der Waals surface area contributed by atoms with E-state index in [4.69, 9.17) is 9.29 Å². The zero-order chi connectivity index (χ0) is 25.8. The van der Waals surface area contributed by atoms with Crippen LogP contribution in [0.25, 0.3) is 0 Å². The summed E-state index contributed by atoms with van der Waals surface area (Å²) in [4.78, 5) is 17.0. The topological polar surface area (TPSA) is 142 Å². The molecule has 1 amide bonds. The van der Waals surface area contributed by atoms with Crippen LogP contribution in [-0.2, 0) is 31.2 Å². The van der Waals surface area contributed by atoms with E-state index in [1.54, 1.807) is 48.3 Å². The van der Waals surface area contributed by atoms with Crippen molar-refractivity contribution < 1.29 is 36.0 Å². The summed E-state index contributed by atoms with van der Waals surface area (Å²) in [7, 11) is -5.99. The van der Waals surface area contributed by atoms with Gasteiger partial charge in [0.15, 0.2) is 9.84 Å². The van der Waals surface area contributed by atoms with Gasteiger partial charge in [-0.1, -0.05) is 24.3 Å². The number of β-amino-alcohol motifs (C(OH)–C–C–N with tert-alkyl or cyclic N) is 1. The largest absolute Gasteiger partial charge is 0.475 e. The lowest BCUT2D eigenvalue weighted by molar-refractivity contribution is -0.131. The Balaban J connectivity index is 1.81. The van der Waals surface area contributed by atoms with Crippen molar-refractivity contribution in [1.29, 1.82) is 0 Å². The molecule has 12 heteroatoms. The summed E-state index contributed by atoms with van der Waals surface area (Å²) in [5.74, 6) is -0.868. The van der Waals surface area contributed by atoms with E-state index in [9.17, 15) is 26.7 Å². The molecule has 192 valence electrons. The highest BCUT2D eigenvalue weighted by Crippen LogP contribution is 2.27. The maximum Gasteiger partial charge on any atom is 0.300 e. The summed E-state index contributed by atoms with van der Waals surface area (Å²) < 4.78 is 59.6. The third kappa shape index (κ3) is 8.00. The molecule has 2 aromatic carbocycles. The van der Waals surface area contributed by atoms with Gasteiger partial charge in [0.1, 0.15) is 5.75 Å². The molecule has 0 aromatic heterocycles. The quantitative estimate of drug-likeness (QED) is 0.436. The van der Waals surface area contributed by atoms with Crippen LogP contribution in [0.5, 0.6) is 5.75 Å². The van der Waals surface area contributed by atoms with Crippen LogP contribution >= 0.6 is 0 Å². The van der Waals surface area contributed by atoms with Crippen molar-refractivity contribution in [2.24, 2.45) is 0 Å². The van der Waals surface area contributed by atoms with Gasteiger partial charge >= 0.3 is 10.1 Å². The molecule has 1 aliphatic rings. The highest BCUT2D eigenvalue weighted by atomic mass is 32.2. The van der Waals surface area contributed by atoms with E-state index >= 15 is 0 Å². The van der Waals surface area contributed by atoms with Crippen LogP contribution in [-0.4, -0.2) is 87.2 Å². The van der Waals surface area contributed by atoms with E-state index in [-0.39, 0.29) is 23.0 Å². The van der Waals surface area contributed by atoms with Crippen molar-refractivity contribution in [2.45, 2.75) is 29.9 Å². The minimum atomic E-state index is -4.32. The number of amides is 1. The van der Waals surface area contributed by atoms with Crippen LogP contribution in [0.15, 0.2) is 53.4 Å². The predicted molar refractivity (Wildman–Crippen MR) is 129 cm³/mol. The number of carbonyl (C=O) groups excluding carboxylic acids is 1. The molecule has 10 nitrogen and oxygen atoms in total. The molecule has 0 spiro atoms. The first-order chi connectivity index (χ1) is 16.3. The standard InChI is InChI=1S/C23H30N2O8S2/c1-24(23(27)12-17-6-8-21(9-7-17)34(2,28)29)22(15-25-11-10-19(26)14-25)18-4-3-5-20(13-18)33-16-35(30,31)32/h3-9,13,19,22,26H,10-12,14-16H2,1-2H3,(H,30,31,32).